The van der Waals surface area contributed by atoms with Crippen LogP contribution in [0.5, 0.6) is 0 Å². The molecule has 0 aliphatic heterocycles. The molecule has 0 saturated heterocycles. The van der Waals surface area contributed by atoms with E-state index < -0.39 is 0 Å². The fourth-order valence-electron chi connectivity index (χ4n) is 1.72. The van der Waals surface area contributed by atoms with Gasteiger partial charge in [0.15, 0.2) is 0 Å². The summed E-state index contributed by atoms with van der Waals surface area (Å²) in [6.45, 7) is 6.36. The van der Waals surface area contributed by atoms with Gasteiger partial charge in [-0.05, 0) is 36.5 Å². The fourth-order valence-corrected chi connectivity index (χ4v) is 1.72. The van der Waals surface area contributed by atoms with Gasteiger partial charge in [-0.25, -0.2) is 4.39 Å². The molecule has 0 heterocycles. The number of rotatable bonds is 4. The van der Waals surface area contributed by atoms with E-state index >= 15 is 0 Å². The first-order valence-corrected chi connectivity index (χ1v) is 5.51. The van der Waals surface area contributed by atoms with Crippen LogP contribution in [0.2, 0.25) is 0 Å². The molecule has 0 fully saturated rings. The zero-order chi connectivity index (χ0) is 11.5. The molecule has 1 nitrogen and oxygen atoms in total. The van der Waals surface area contributed by atoms with E-state index in [0.717, 1.165) is 18.4 Å². The molecule has 2 heteroatoms. The minimum absolute atomic E-state index is 0.183. The molecule has 1 aromatic rings. The Morgan fingerprint density at radius 2 is 1.80 bits per heavy atom. The van der Waals surface area contributed by atoms with Crippen molar-refractivity contribution in [2.24, 2.45) is 11.7 Å². The van der Waals surface area contributed by atoms with Gasteiger partial charge in [0.2, 0.25) is 0 Å². The molecule has 1 aromatic carbocycles. The maximum absolute atomic E-state index is 12.7. The second kappa shape index (κ2) is 4.75. The summed E-state index contributed by atoms with van der Waals surface area (Å²) < 4.78 is 12.7. The third-order valence-corrected chi connectivity index (χ3v) is 3.25. The molecular formula is C13H20FN. The molecule has 1 unspecified atom stereocenters. The monoisotopic (exact) mass is 209 g/mol. The second-order valence-corrected chi connectivity index (χ2v) is 4.54. The molecule has 0 saturated carbocycles. The van der Waals surface area contributed by atoms with Gasteiger partial charge in [0.25, 0.3) is 0 Å². The molecule has 0 bridgehead atoms. The maximum atomic E-state index is 12.7. The van der Waals surface area contributed by atoms with Crippen molar-refractivity contribution in [3.63, 3.8) is 0 Å². The van der Waals surface area contributed by atoms with Gasteiger partial charge in [-0.2, -0.15) is 0 Å². The van der Waals surface area contributed by atoms with Gasteiger partial charge in [-0.3, -0.25) is 0 Å². The molecule has 15 heavy (non-hydrogen) atoms. The maximum Gasteiger partial charge on any atom is 0.123 e. The van der Waals surface area contributed by atoms with Crippen molar-refractivity contribution >= 4 is 0 Å². The summed E-state index contributed by atoms with van der Waals surface area (Å²) in [7, 11) is 0. The summed E-state index contributed by atoms with van der Waals surface area (Å²) in [5.41, 5.74) is 7.24. The van der Waals surface area contributed by atoms with Gasteiger partial charge in [0, 0.05) is 5.54 Å². The predicted molar refractivity (Wildman–Crippen MR) is 62.2 cm³/mol. The Morgan fingerprint density at radius 1 is 1.27 bits per heavy atom. The van der Waals surface area contributed by atoms with Crippen molar-refractivity contribution in [1.82, 2.24) is 0 Å². The molecule has 0 spiro atoms. The van der Waals surface area contributed by atoms with Gasteiger partial charge < -0.3 is 5.73 Å². The van der Waals surface area contributed by atoms with Gasteiger partial charge in [0.1, 0.15) is 5.82 Å². The number of hydrogen-bond donors (Lipinski definition) is 1. The lowest BCUT2D eigenvalue weighted by Crippen LogP contribution is -2.46. The Bertz CT molecular complexity index is 305. The first kappa shape index (κ1) is 12.2. The predicted octanol–water partition coefficient (Wildman–Crippen LogP) is 3.13. The second-order valence-electron chi connectivity index (χ2n) is 4.54. The van der Waals surface area contributed by atoms with Crippen molar-refractivity contribution in [2.75, 3.05) is 0 Å². The lowest BCUT2D eigenvalue weighted by molar-refractivity contribution is 0.296. The zero-order valence-corrected chi connectivity index (χ0v) is 9.76. The van der Waals surface area contributed by atoms with E-state index in [-0.39, 0.29) is 11.4 Å². The lowest BCUT2D eigenvalue weighted by Gasteiger charge is -2.32. The van der Waals surface area contributed by atoms with Crippen LogP contribution < -0.4 is 5.73 Å². The summed E-state index contributed by atoms with van der Waals surface area (Å²) in [4.78, 5) is 0. The molecule has 2 N–H and O–H groups in total. The van der Waals surface area contributed by atoms with Crippen LogP contribution in [0.1, 0.15) is 32.8 Å². The largest absolute Gasteiger partial charge is 0.325 e. The molecule has 0 aliphatic carbocycles. The SMILES string of the molecule is CCC(N)(Cc1ccc(F)cc1)C(C)C. The van der Waals surface area contributed by atoms with Crippen LogP contribution in [0, 0.1) is 11.7 Å². The first-order valence-electron chi connectivity index (χ1n) is 5.51. The van der Waals surface area contributed by atoms with Crippen LogP contribution in [0.15, 0.2) is 24.3 Å². The number of benzene rings is 1. The molecule has 0 aromatic heterocycles. The normalized spacial score (nSPS) is 15.3. The highest BCUT2D eigenvalue weighted by Gasteiger charge is 2.26. The molecule has 1 atom stereocenters. The molecule has 84 valence electrons. The van der Waals surface area contributed by atoms with E-state index in [1.807, 2.05) is 12.1 Å². The fraction of sp³-hybridized carbons (Fsp3) is 0.538. The van der Waals surface area contributed by atoms with Gasteiger partial charge >= 0.3 is 0 Å². The van der Waals surface area contributed by atoms with E-state index in [1.165, 1.54) is 12.1 Å². The van der Waals surface area contributed by atoms with E-state index in [9.17, 15) is 4.39 Å². The van der Waals surface area contributed by atoms with Crippen molar-refractivity contribution in [1.29, 1.82) is 0 Å². The van der Waals surface area contributed by atoms with Crippen LogP contribution in [0.4, 0.5) is 4.39 Å². The number of nitrogens with two attached hydrogens (primary N) is 1. The van der Waals surface area contributed by atoms with E-state index in [1.54, 1.807) is 0 Å². The van der Waals surface area contributed by atoms with Crippen molar-refractivity contribution in [3.05, 3.63) is 35.6 Å². The van der Waals surface area contributed by atoms with Crippen LogP contribution in [-0.4, -0.2) is 5.54 Å². The number of halogens is 1. The Hall–Kier alpha value is -0.890. The molecule has 1 rings (SSSR count). The summed E-state index contributed by atoms with van der Waals surface area (Å²) >= 11 is 0. The third kappa shape index (κ3) is 3.03. The Balaban J connectivity index is 2.79. The smallest absolute Gasteiger partial charge is 0.123 e. The summed E-state index contributed by atoms with van der Waals surface area (Å²) in [5.74, 6) is 0.231. The Morgan fingerprint density at radius 3 is 2.20 bits per heavy atom. The average Bonchev–Trinajstić information content (AvgIpc) is 2.21. The molecular weight excluding hydrogens is 189 g/mol. The van der Waals surface area contributed by atoms with Gasteiger partial charge in [0.05, 0.1) is 0 Å². The summed E-state index contributed by atoms with van der Waals surface area (Å²) in [6.07, 6.45) is 1.74. The Labute approximate surface area is 91.5 Å². The highest BCUT2D eigenvalue weighted by Crippen LogP contribution is 2.23. The van der Waals surface area contributed by atoms with Crippen LogP contribution in [0.3, 0.4) is 0 Å². The highest BCUT2D eigenvalue weighted by atomic mass is 19.1. The first-order chi connectivity index (χ1) is 6.98. The lowest BCUT2D eigenvalue weighted by atomic mass is 9.80. The van der Waals surface area contributed by atoms with E-state index in [2.05, 4.69) is 20.8 Å². The molecule has 0 radical (unpaired) electrons. The molecule has 0 amide bonds. The van der Waals surface area contributed by atoms with Crippen LogP contribution in [-0.2, 0) is 6.42 Å². The van der Waals surface area contributed by atoms with Gasteiger partial charge in [-0.15, -0.1) is 0 Å². The van der Waals surface area contributed by atoms with Crippen molar-refractivity contribution in [3.8, 4) is 0 Å². The minimum atomic E-state index is -0.192. The minimum Gasteiger partial charge on any atom is -0.325 e. The third-order valence-electron chi connectivity index (χ3n) is 3.25. The Kier molecular flexibility index (Phi) is 3.86. The summed E-state index contributed by atoms with van der Waals surface area (Å²) in [6, 6.07) is 6.61. The van der Waals surface area contributed by atoms with Crippen LogP contribution >= 0.6 is 0 Å². The number of hydrogen-bond acceptors (Lipinski definition) is 1. The molecule has 0 aliphatic rings. The zero-order valence-electron chi connectivity index (χ0n) is 9.76. The standard InChI is InChI=1S/C13H20FN/c1-4-13(15,10(2)3)9-11-5-7-12(14)8-6-11/h5-8,10H,4,9,15H2,1-3H3. The topological polar surface area (TPSA) is 26.0 Å². The van der Waals surface area contributed by atoms with E-state index in [0.29, 0.717) is 5.92 Å². The summed E-state index contributed by atoms with van der Waals surface area (Å²) in [5, 5.41) is 0. The van der Waals surface area contributed by atoms with Crippen molar-refractivity contribution < 1.29 is 4.39 Å². The van der Waals surface area contributed by atoms with Crippen LogP contribution in [0.25, 0.3) is 0 Å². The highest BCUT2D eigenvalue weighted by molar-refractivity contribution is 5.19. The van der Waals surface area contributed by atoms with E-state index in [4.69, 9.17) is 5.73 Å². The quantitative estimate of drug-likeness (QED) is 0.810. The van der Waals surface area contributed by atoms with Gasteiger partial charge in [-0.1, -0.05) is 32.9 Å². The van der Waals surface area contributed by atoms with Crippen molar-refractivity contribution in [2.45, 2.75) is 39.2 Å². The average molecular weight is 209 g/mol.